The summed E-state index contributed by atoms with van der Waals surface area (Å²) in [4.78, 5) is 11.1. The second kappa shape index (κ2) is 6.80. The molecular weight excluding hydrogens is 333 g/mol. The standard InChI is InChI=1S/C12H16INO3/c1-16-11-5-3-8(13)7-9(11)10(14)4-6-12(15)17-2/h3,5,7,10H,4,6,14H2,1-2H3. The zero-order chi connectivity index (χ0) is 12.8. The lowest BCUT2D eigenvalue weighted by Gasteiger charge is -2.15. The second-order valence-corrected chi connectivity index (χ2v) is 4.85. The van der Waals surface area contributed by atoms with Gasteiger partial charge in [0.05, 0.1) is 14.2 Å². The van der Waals surface area contributed by atoms with Gasteiger partial charge in [0.2, 0.25) is 0 Å². The summed E-state index contributed by atoms with van der Waals surface area (Å²) in [5.41, 5.74) is 6.97. The minimum atomic E-state index is -0.245. The van der Waals surface area contributed by atoms with E-state index in [9.17, 15) is 4.79 Å². The SMILES string of the molecule is COC(=O)CCC(N)c1cc(I)ccc1OC. The summed E-state index contributed by atoms with van der Waals surface area (Å²) in [6, 6.07) is 5.59. The van der Waals surface area contributed by atoms with Crippen LogP contribution in [0, 0.1) is 3.57 Å². The Morgan fingerprint density at radius 2 is 2.18 bits per heavy atom. The lowest BCUT2D eigenvalue weighted by Crippen LogP contribution is -2.14. The molecule has 1 aromatic rings. The van der Waals surface area contributed by atoms with Gasteiger partial charge in [-0.25, -0.2) is 0 Å². The van der Waals surface area contributed by atoms with Crippen LogP contribution < -0.4 is 10.5 Å². The number of carbonyl (C=O) groups is 1. The van der Waals surface area contributed by atoms with Crippen molar-refractivity contribution in [2.24, 2.45) is 5.73 Å². The smallest absolute Gasteiger partial charge is 0.305 e. The fraction of sp³-hybridized carbons (Fsp3) is 0.417. The Bertz CT molecular complexity index is 395. The van der Waals surface area contributed by atoms with Crippen molar-refractivity contribution in [2.75, 3.05) is 14.2 Å². The maximum Gasteiger partial charge on any atom is 0.305 e. The highest BCUT2D eigenvalue weighted by Crippen LogP contribution is 2.28. The zero-order valence-electron chi connectivity index (χ0n) is 9.90. The summed E-state index contributed by atoms with van der Waals surface area (Å²) in [6.07, 6.45) is 0.857. The van der Waals surface area contributed by atoms with Gasteiger partial charge in [-0.2, -0.15) is 0 Å². The average Bonchev–Trinajstić information content (AvgIpc) is 2.35. The van der Waals surface area contributed by atoms with Crippen molar-refractivity contribution < 1.29 is 14.3 Å². The summed E-state index contributed by atoms with van der Waals surface area (Å²) < 4.78 is 10.9. The number of carbonyl (C=O) groups excluding carboxylic acids is 1. The summed E-state index contributed by atoms with van der Waals surface area (Å²) in [7, 11) is 2.98. The molecule has 1 rings (SSSR count). The van der Waals surface area contributed by atoms with E-state index in [4.69, 9.17) is 10.5 Å². The van der Waals surface area contributed by atoms with Gasteiger partial charge >= 0.3 is 5.97 Å². The molecule has 0 fully saturated rings. The van der Waals surface area contributed by atoms with Crippen LogP contribution in [0.1, 0.15) is 24.4 Å². The number of esters is 1. The van der Waals surface area contributed by atoms with Crippen LogP contribution in [0.25, 0.3) is 0 Å². The van der Waals surface area contributed by atoms with Gasteiger partial charge in [-0.05, 0) is 47.2 Å². The van der Waals surface area contributed by atoms with Crippen LogP contribution >= 0.6 is 22.6 Å². The molecule has 0 aromatic heterocycles. The molecule has 0 bridgehead atoms. The van der Waals surface area contributed by atoms with Crippen LogP contribution in [-0.2, 0) is 9.53 Å². The predicted octanol–water partition coefficient (Wildman–Crippen LogP) is 2.25. The number of hydrogen-bond acceptors (Lipinski definition) is 4. The van der Waals surface area contributed by atoms with Crippen LogP contribution in [0.3, 0.4) is 0 Å². The number of methoxy groups -OCH3 is 2. The van der Waals surface area contributed by atoms with Gasteiger partial charge in [0.15, 0.2) is 0 Å². The molecule has 17 heavy (non-hydrogen) atoms. The fourth-order valence-electron chi connectivity index (χ4n) is 1.53. The molecule has 0 saturated heterocycles. The number of rotatable bonds is 5. The van der Waals surface area contributed by atoms with E-state index < -0.39 is 0 Å². The molecule has 0 aliphatic carbocycles. The molecule has 0 radical (unpaired) electrons. The first-order chi connectivity index (χ1) is 8.08. The van der Waals surface area contributed by atoms with Gasteiger partial charge in [0.1, 0.15) is 5.75 Å². The Kier molecular flexibility index (Phi) is 5.70. The largest absolute Gasteiger partial charge is 0.496 e. The fourth-order valence-corrected chi connectivity index (χ4v) is 2.04. The predicted molar refractivity (Wildman–Crippen MR) is 73.9 cm³/mol. The highest BCUT2D eigenvalue weighted by Gasteiger charge is 2.14. The third-order valence-corrected chi connectivity index (χ3v) is 3.15. The van der Waals surface area contributed by atoms with E-state index in [0.29, 0.717) is 12.8 Å². The highest BCUT2D eigenvalue weighted by atomic mass is 127. The molecule has 5 heteroatoms. The van der Waals surface area contributed by atoms with Crippen molar-refractivity contribution in [3.05, 3.63) is 27.3 Å². The van der Waals surface area contributed by atoms with Crippen molar-refractivity contribution in [2.45, 2.75) is 18.9 Å². The quantitative estimate of drug-likeness (QED) is 0.654. The minimum absolute atomic E-state index is 0.223. The molecule has 4 nitrogen and oxygen atoms in total. The second-order valence-electron chi connectivity index (χ2n) is 3.61. The normalized spacial score (nSPS) is 12.0. The van der Waals surface area contributed by atoms with E-state index in [1.807, 2.05) is 18.2 Å². The van der Waals surface area contributed by atoms with Crippen LogP contribution in [0.2, 0.25) is 0 Å². The molecule has 0 spiro atoms. The van der Waals surface area contributed by atoms with Crippen molar-refractivity contribution in [3.8, 4) is 5.75 Å². The average molecular weight is 349 g/mol. The molecule has 0 saturated carbocycles. The first-order valence-corrected chi connectivity index (χ1v) is 6.32. The minimum Gasteiger partial charge on any atom is -0.496 e. The van der Waals surface area contributed by atoms with E-state index in [1.165, 1.54) is 7.11 Å². The molecule has 0 aliphatic rings. The summed E-state index contributed by atoms with van der Waals surface area (Å²) >= 11 is 2.22. The number of ether oxygens (including phenoxy) is 2. The van der Waals surface area contributed by atoms with Gasteiger partial charge in [0, 0.05) is 21.6 Å². The third-order valence-electron chi connectivity index (χ3n) is 2.48. The van der Waals surface area contributed by atoms with E-state index >= 15 is 0 Å². The molecule has 1 aromatic carbocycles. The highest BCUT2D eigenvalue weighted by molar-refractivity contribution is 14.1. The van der Waals surface area contributed by atoms with E-state index in [0.717, 1.165) is 14.9 Å². The molecule has 0 aliphatic heterocycles. The van der Waals surface area contributed by atoms with E-state index in [2.05, 4.69) is 27.3 Å². The summed E-state index contributed by atoms with van der Waals surface area (Å²) in [5, 5.41) is 0. The molecule has 0 amide bonds. The number of benzene rings is 1. The van der Waals surface area contributed by atoms with Crippen LogP contribution in [0.4, 0.5) is 0 Å². The van der Waals surface area contributed by atoms with Gasteiger partial charge in [0.25, 0.3) is 0 Å². The van der Waals surface area contributed by atoms with Crippen molar-refractivity contribution in [1.29, 1.82) is 0 Å². The number of hydrogen-bond donors (Lipinski definition) is 1. The van der Waals surface area contributed by atoms with Crippen LogP contribution in [-0.4, -0.2) is 20.2 Å². The van der Waals surface area contributed by atoms with Gasteiger partial charge < -0.3 is 15.2 Å². The number of halogens is 1. The summed E-state index contributed by atoms with van der Waals surface area (Å²) in [6.45, 7) is 0. The zero-order valence-corrected chi connectivity index (χ0v) is 12.1. The number of nitrogens with two attached hydrogens (primary N) is 1. The van der Waals surface area contributed by atoms with Gasteiger partial charge in [-0.3, -0.25) is 4.79 Å². The lowest BCUT2D eigenvalue weighted by molar-refractivity contribution is -0.140. The molecule has 0 heterocycles. The van der Waals surface area contributed by atoms with Gasteiger partial charge in [-0.15, -0.1) is 0 Å². The van der Waals surface area contributed by atoms with Crippen molar-refractivity contribution >= 4 is 28.6 Å². The third kappa shape index (κ3) is 4.16. The Hall–Kier alpha value is -0.820. The maximum atomic E-state index is 11.1. The summed E-state index contributed by atoms with van der Waals surface area (Å²) in [5.74, 6) is 0.507. The molecule has 1 unspecified atom stereocenters. The molecule has 2 N–H and O–H groups in total. The molecule has 94 valence electrons. The Morgan fingerprint density at radius 1 is 1.47 bits per heavy atom. The first kappa shape index (κ1) is 14.2. The van der Waals surface area contributed by atoms with Crippen LogP contribution in [0.5, 0.6) is 5.75 Å². The Labute approximate surface area is 115 Å². The van der Waals surface area contributed by atoms with E-state index in [1.54, 1.807) is 7.11 Å². The Balaban J connectivity index is 2.76. The van der Waals surface area contributed by atoms with Crippen molar-refractivity contribution in [3.63, 3.8) is 0 Å². The van der Waals surface area contributed by atoms with E-state index in [-0.39, 0.29) is 12.0 Å². The lowest BCUT2D eigenvalue weighted by atomic mass is 10.0. The molecule has 1 atom stereocenters. The topological polar surface area (TPSA) is 61.5 Å². The van der Waals surface area contributed by atoms with Crippen LogP contribution in [0.15, 0.2) is 18.2 Å². The molecular formula is C12H16INO3. The Morgan fingerprint density at radius 3 is 2.76 bits per heavy atom. The first-order valence-electron chi connectivity index (χ1n) is 5.24. The monoisotopic (exact) mass is 349 g/mol. The maximum absolute atomic E-state index is 11.1. The van der Waals surface area contributed by atoms with Gasteiger partial charge in [-0.1, -0.05) is 0 Å². The van der Waals surface area contributed by atoms with Crippen molar-refractivity contribution in [1.82, 2.24) is 0 Å².